The van der Waals surface area contributed by atoms with Crippen molar-refractivity contribution < 1.29 is 13.9 Å². The van der Waals surface area contributed by atoms with Crippen LogP contribution in [0.25, 0.3) is 0 Å². The standard InChI is InChI=1S/C20H25BrFNO2/c1-5-20(2,3)23-12-14-10-16(21)19(18(11-14)24-4)25-13-15-8-6-7-9-17(15)22/h6-11,23H,5,12-13H2,1-4H3. The molecule has 0 unspecified atom stereocenters. The average Bonchev–Trinajstić information content (AvgIpc) is 2.60. The number of hydrogen-bond donors (Lipinski definition) is 1. The van der Waals surface area contributed by atoms with Crippen molar-refractivity contribution in [2.45, 2.75) is 45.9 Å². The number of nitrogens with one attached hydrogen (secondary N) is 1. The third-order valence-corrected chi connectivity index (χ3v) is 4.86. The number of ether oxygens (including phenoxy) is 2. The fourth-order valence-electron chi connectivity index (χ4n) is 2.25. The summed E-state index contributed by atoms with van der Waals surface area (Å²) in [6.07, 6.45) is 1.04. The van der Waals surface area contributed by atoms with Gasteiger partial charge in [0.2, 0.25) is 0 Å². The van der Waals surface area contributed by atoms with Crippen LogP contribution in [0.1, 0.15) is 38.3 Å². The first kappa shape index (κ1) is 19.7. The molecule has 2 aromatic rings. The molecular weight excluding hydrogens is 385 g/mol. The first-order valence-electron chi connectivity index (χ1n) is 8.34. The van der Waals surface area contributed by atoms with Gasteiger partial charge in [-0.15, -0.1) is 0 Å². The van der Waals surface area contributed by atoms with E-state index in [1.807, 2.05) is 12.1 Å². The molecule has 0 aromatic heterocycles. The second-order valence-corrected chi connectivity index (χ2v) is 7.43. The van der Waals surface area contributed by atoms with Gasteiger partial charge in [0, 0.05) is 17.6 Å². The Morgan fingerprint density at radius 1 is 1.20 bits per heavy atom. The van der Waals surface area contributed by atoms with Crippen molar-refractivity contribution in [1.29, 1.82) is 0 Å². The fraction of sp³-hybridized carbons (Fsp3) is 0.400. The summed E-state index contributed by atoms with van der Waals surface area (Å²) in [6.45, 7) is 7.37. The zero-order chi connectivity index (χ0) is 18.4. The summed E-state index contributed by atoms with van der Waals surface area (Å²) in [5.41, 5.74) is 1.66. The van der Waals surface area contributed by atoms with Gasteiger partial charge in [-0.2, -0.15) is 0 Å². The van der Waals surface area contributed by atoms with Crippen molar-refractivity contribution in [3.05, 3.63) is 57.8 Å². The molecule has 2 aromatic carbocycles. The van der Waals surface area contributed by atoms with Gasteiger partial charge in [0.25, 0.3) is 0 Å². The lowest BCUT2D eigenvalue weighted by atomic mass is 10.0. The number of hydrogen-bond acceptors (Lipinski definition) is 3. The van der Waals surface area contributed by atoms with E-state index in [4.69, 9.17) is 9.47 Å². The maximum atomic E-state index is 13.8. The smallest absolute Gasteiger partial charge is 0.175 e. The largest absolute Gasteiger partial charge is 0.493 e. The van der Waals surface area contributed by atoms with Crippen molar-refractivity contribution in [2.24, 2.45) is 0 Å². The zero-order valence-corrected chi connectivity index (χ0v) is 16.7. The van der Waals surface area contributed by atoms with Gasteiger partial charge in [-0.25, -0.2) is 4.39 Å². The van der Waals surface area contributed by atoms with Crippen LogP contribution in [0.5, 0.6) is 11.5 Å². The first-order valence-corrected chi connectivity index (χ1v) is 9.13. The second kappa shape index (κ2) is 8.68. The van der Waals surface area contributed by atoms with E-state index in [0.717, 1.165) is 23.0 Å². The molecule has 3 nitrogen and oxygen atoms in total. The molecule has 25 heavy (non-hydrogen) atoms. The SMILES string of the molecule is CCC(C)(C)NCc1cc(Br)c(OCc2ccccc2F)c(OC)c1. The van der Waals surface area contributed by atoms with Crippen molar-refractivity contribution in [1.82, 2.24) is 5.32 Å². The molecule has 0 aliphatic carbocycles. The van der Waals surface area contributed by atoms with Crippen LogP contribution in [0.4, 0.5) is 4.39 Å². The summed E-state index contributed by atoms with van der Waals surface area (Å²) < 4.78 is 25.8. The minimum absolute atomic E-state index is 0.0692. The maximum Gasteiger partial charge on any atom is 0.175 e. The van der Waals surface area contributed by atoms with Gasteiger partial charge in [0.15, 0.2) is 11.5 Å². The predicted octanol–water partition coefficient (Wildman–Crippen LogP) is 5.45. The van der Waals surface area contributed by atoms with Crippen LogP contribution in [0.3, 0.4) is 0 Å². The van der Waals surface area contributed by atoms with E-state index in [1.165, 1.54) is 6.07 Å². The van der Waals surface area contributed by atoms with Crippen molar-refractivity contribution in [3.63, 3.8) is 0 Å². The molecule has 0 bridgehead atoms. The van der Waals surface area contributed by atoms with Gasteiger partial charge in [0.1, 0.15) is 12.4 Å². The van der Waals surface area contributed by atoms with Gasteiger partial charge < -0.3 is 14.8 Å². The monoisotopic (exact) mass is 409 g/mol. The minimum atomic E-state index is -0.278. The molecule has 0 amide bonds. The van der Waals surface area contributed by atoms with Crippen LogP contribution in [0, 0.1) is 5.82 Å². The number of rotatable bonds is 8. The van der Waals surface area contributed by atoms with Crippen molar-refractivity contribution in [2.75, 3.05) is 7.11 Å². The summed E-state index contributed by atoms with van der Waals surface area (Å²) in [6, 6.07) is 10.5. The number of benzene rings is 2. The Morgan fingerprint density at radius 3 is 2.56 bits per heavy atom. The Hall–Kier alpha value is -1.59. The third-order valence-electron chi connectivity index (χ3n) is 4.27. The Bertz CT molecular complexity index is 719. The third kappa shape index (κ3) is 5.44. The van der Waals surface area contributed by atoms with Crippen LogP contribution >= 0.6 is 15.9 Å². The number of methoxy groups -OCH3 is 1. The first-order chi connectivity index (χ1) is 11.9. The van der Waals surface area contributed by atoms with Crippen molar-refractivity contribution in [3.8, 4) is 11.5 Å². The molecular formula is C20H25BrFNO2. The summed E-state index contributed by atoms with van der Waals surface area (Å²) in [7, 11) is 1.60. The zero-order valence-electron chi connectivity index (χ0n) is 15.2. The lowest BCUT2D eigenvalue weighted by molar-refractivity contribution is 0.277. The van der Waals surface area contributed by atoms with E-state index in [0.29, 0.717) is 17.1 Å². The quantitative estimate of drug-likeness (QED) is 0.628. The van der Waals surface area contributed by atoms with Gasteiger partial charge in [-0.1, -0.05) is 25.1 Å². The maximum absolute atomic E-state index is 13.8. The van der Waals surface area contributed by atoms with Crippen LogP contribution in [0.15, 0.2) is 40.9 Å². The van der Waals surface area contributed by atoms with Gasteiger partial charge in [0.05, 0.1) is 11.6 Å². The van der Waals surface area contributed by atoms with E-state index in [1.54, 1.807) is 25.3 Å². The molecule has 0 fully saturated rings. The number of halogens is 2. The van der Waals surface area contributed by atoms with Gasteiger partial charge >= 0.3 is 0 Å². The predicted molar refractivity (Wildman–Crippen MR) is 103 cm³/mol. The van der Waals surface area contributed by atoms with E-state index in [2.05, 4.69) is 42.0 Å². The molecule has 0 saturated carbocycles. The van der Waals surface area contributed by atoms with Crippen molar-refractivity contribution >= 4 is 15.9 Å². The van der Waals surface area contributed by atoms with Gasteiger partial charge in [-0.3, -0.25) is 0 Å². The molecule has 0 saturated heterocycles. The van der Waals surface area contributed by atoms with Gasteiger partial charge in [-0.05, 0) is 60.0 Å². The molecule has 5 heteroatoms. The minimum Gasteiger partial charge on any atom is -0.493 e. The van der Waals surface area contributed by atoms with E-state index >= 15 is 0 Å². The molecule has 0 spiro atoms. The summed E-state index contributed by atoms with van der Waals surface area (Å²) in [4.78, 5) is 0. The lowest BCUT2D eigenvalue weighted by Crippen LogP contribution is -2.37. The molecule has 136 valence electrons. The van der Waals surface area contributed by atoms with Crippen LogP contribution in [-0.2, 0) is 13.2 Å². The molecule has 0 aliphatic rings. The highest BCUT2D eigenvalue weighted by Crippen LogP contribution is 2.37. The topological polar surface area (TPSA) is 30.5 Å². The Labute approximate surface area is 157 Å². The molecule has 1 N–H and O–H groups in total. The van der Waals surface area contributed by atoms with Crippen LogP contribution < -0.4 is 14.8 Å². The van der Waals surface area contributed by atoms with E-state index < -0.39 is 0 Å². The summed E-state index contributed by atoms with van der Waals surface area (Å²) in [5.74, 6) is 0.918. The van der Waals surface area contributed by atoms with Crippen LogP contribution in [-0.4, -0.2) is 12.6 Å². The summed E-state index contributed by atoms with van der Waals surface area (Å²) in [5, 5.41) is 3.52. The second-order valence-electron chi connectivity index (χ2n) is 6.58. The fourth-order valence-corrected chi connectivity index (χ4v) is 2.85. The Kier molecular flexibility index (Phi) is 6.85. The van der Waals surface area contributed by atoms with Crippen LogP contribution in [0.2, 0.25) is 0 Å². The highest BCUT2D eigenvalue weighted by molar-refractivity contribution is 9.10. The normalized spacial score (nSPS) is 11.4. The lowest BCUT2D eigenvalue weighted by Gasteiger charge is -2.25. The molecule has 2 rings (SSSR count). The Morgan fingerprint density at radius 2 is 1.92 bits per heavy atom. The molecule has 0 aliphatic heterocycles. The summed E-state index contributed by atoms with van der Waals surface area (Å²) >= 11 is 3.54. The molecule has 0 radical (unpaired) electrons. The average molecular weight is 410 g/mol. The highest BCUT2D eigenvalue weighted by atomic mass is 79.9. The van der Waals surface area contributed by atoms with E-state index in [-0.39, 0.29) is 18.0 Å². The molecule has 0 heterocycles. The van der Waals surface area contributed by atoms with E-state index in [9.17, 15) is 4.39 Å². The molecule has 0 atom stereocenters. The Balaban J connectivity index is 2.15. The highest BCUT2D eigenvalue weighted by Gasteiger charge is 2.16.